The molecule has 0 aliphatic rings. The van der Waals surface area contributed by atoms with Crippen LogP contribution in [0.5, 0.6) is 5.75 Å². The number of hydrogen-bond acceptors (Lipinski definition) is 6. The molecule has 0 spiro atoms. The lowest BCUT2D eigenvalue weighted by Gasteiger charge is -2.10. The summed E-state index contributed by atoms with van der Waals surface area (Å²) in [5, 5.41) is 11.2. The van der Waals surface area contributed by atoms with Crippen LogP contribution >= 0.6 is 12.2 Å². The fourth-order valence-electron chi connectivity index (χ4n) is 3.41. The first-order valence-electron chi connectivity index (χ1n) is 10.5. The molecule has 9 heteroatoms. The van der Waals surface area contributed by atoms with E-state index in [-0.39, 0.29) is 0 Å². The molecule has 8 nitrogen and oxygen atoms in total. The predicted molar refractivity (Wildman–Crippen MR) is 130 cm³/mol. The highest BCUT2D eigenvalue weighted by atomic mass is 32.1. The number of aryl methyl sites for hydroxylation is 1. The normalized spacial score (nSPS) is 10.8. The summed E-state index contributed by atoms with van der Waals surface area (Å²) < 4.78 is 7.28. The number of nitrogens with one attached hydrogen (secondary N) is 2. The second-order valence-corrected chi connectivity index (χ2v) is 7.60. The first-order chi connectivity index (χ1) is 15.6. The number of ether oxygens (including phenoxy) is 1. The molecule has 0 bridgehead atoms. The van der Waals surface area contributed by atoms with E-state index in [1.165, 1.54) is 11.1 Å². The lowest BCUT2D eigenvalue weighted by Crippen LogP contribution is -2.28. The number of methoxy groups -OCH3 is 1. The Morgan fingerprint density at radius 1 is 1.09 bits per heavy atom. The van der Waals surface area contributed by atoms with Gasteiger partial charge in [-0.3, -0.25) is 9.67 Å². The van der Waals surface area contributed by atoms with Crippen LogP contribution in [-0.4, -0.2) is 43.5 Å². The highest BCUT2D eigenvalue weighted by Crippen LogP contribution is 2.22. The van der Waals surface area contributed by atoms with Crippen LogP contribution in [0.4, 0.5) is 5.82 Å². The Kier molecular flexibility index (Phi) is 6.55. The maximum atomic E-state index is 5.38. The lowest BCUT2D eigenvalue weighted by atomic mass is 10.0. The van der Waals surface area contributed by atoms with E-state index in [2.05, 4.69) is 44.8 Å². The van der Waals surface area contributed by atoms with Gasteiger partial charge < -0.3 is 15.4 Å². The highest BCUT2D eigenvalue weighted by Gasteiger charge is 2.10. The van der Waals surface area contributed by atoms with Crippen LogP contribution < -0.4 is 15.4 Å². The van der Waals surface area contributed by atoms with E-state index in [1.54, 1.807) is 19.5 Å². The molecule has 0 unspecified atom stereocenters. The standard InChI is InChI=1S/C23H25N7OS/c1-4-15-6-7-18(31-3)10-16(15)13-30-14-17(11-26-30)20-12-25-19-8-9-21(28-22(19)27-20)29-23(32)24-5-2/h6-12,14H,4-5,13H2,1-3H3,(H2,24,27,28,29,32). The van der Waals surface area contributed by atoms with Gasteiger partial charge in [-0.05, 0) is 61.0 Å². The van der Waals surface area contributed by atoms with Crippen molar-refractivity contribution in [3.05, 3.63) is 60.0 Å². The zero-order chi connectivity index (χ0) is 22.5. The van der Waals surface area contributed by atoms with Gasteiger partial charge in [0.25, 0.3) is 0 Å². The predicted octanol–water partition coefficient (Wildman–Crippen LogP) is 3.81. The van der Waals surface area contributed by atoms with Crippen molar-refractivity contribution < 1.29 is 4.74 Å². The third-order valence-corrected chi connectivity index (χ3v) is 5.29. The summed E-state index contributed by atoms with van der Waals surface area (Å²) in [6.07, 6.45) is 6.45. The first-order valence-corrected chi connectivity index (χ1v) is 10.9. The number of benzene rings is 1. The molecule has 0 aliphatic heterocycles. The van der Waals surface area contributed by atoms with Gasteiger partial charge in [0.05, 0.1) is 31.7 Å². The molecular formula is C23H25N7OS. The molecule has 32 heavy (non-hydrogen) atoms. The zero-order valence-corrected chi connectivity index (χ0v) is 19.1. The molecule has 4 aromatic rings. The van der Waals surface area contributed by atoms with E-state index in [4.69, 9.17) is 21.9 Å². The van der Waals surface area contributed by atoms with Gasteiger partial charge in [0, 0.05) is 18.3 Å². The molecule has 0 aliphatic carbocycles. The number of aromatic nitrogens is 5. The molecule has 0 amide bonds. The second-order valence-electron chi connectivity index (χ2n) is 7.19. The summed E-state index contributed by atoms with van der Waals surface area (Å²) in [4.78, 5) is 13.7. The van der Waals surface area contributed by atoms with Gasteiger partial charge >= 0.3 is 0 Å². The Hall–Kier alpha value is -3.59. The number of thiocarbonyl (C=S) groups is 1. The summed E-state index contributed by atoms with van der Waals surface area (Å²) >= 11 is 5.23. The largest absolute Gasteiger partial charge is 0.497 e. The van der Waals surface area contributed by atoms with Gasteiger partial charge in [-0.25, -0.2) is 9.97 Å². The quantitative estimate of drug-likeness (QED) is 0.414. The van der Waals surface area contributed by atoms with Crippen molar-refractivity contribution >= 4 is 34.3 Å². The summed E-state index contributed by atoms with van der Waals surface area (Å²) in [7, 11) is 1.68. The maximum Gasteiger partial charge on any atom is 0.180 e. The van der Waals surface area contributed by atoms with Crippen LogP contribution in [0.1, 0.15) is 25.0 Å². The molecule has 1 aromatic carbocycles. The molecule has 0 atom stereocenters. The average molecular weight is 448 g/mol. The van der Waals surface area contributed by atoms with Crippen molar-refractivity contribution in [2.24, 2.45) is 0 Å². The zero-order valence-electron chi connectivity index (χ0n) is 18.3. The summed E-state index contributed by atoms with van der Waals surface area (Å²) in [6.45, 7) is 5.52. The Labute approximate surface area is 192 Å². The molecule has 0 fully saturated rings. The number of fused-ring (bicyclic) bond motifs is 1. The van der Waals surface area contributed by atoms with Crippen LogP contribution in [0.15, 0.2) is 48.9 Å². The van der Waals surface area contributed by atoms with E-state index < -0.39 is 0 Å². The SMILES string of the molecule is CCNC(=S)Nc1ccc2ncc(-c3cnn(Cc4cc(OC)ccc4CC)c3)nc2n1. The molecule has 4 rings (SSSR count). The van der Waals surface area contributed by atoms with Crippen LogP contribution in [0.3, 0.4) is 0 Å². The van der Waals surface area contributed by atoms with Crippen molar-refractivity contribution in [2.75, 3.05) is 19.0 Å². The highest BCUT2D eigenvalue weighted by molar-refractivity contribution is 7.80. The molecule has 0 saturated carbocycles. The third kappa shape index (κ3) is 4.83. The summed E-state index contributed by atoms with van der Waals surface area (Å²) in [5.74, 6) is 1.46. The molecule has 3 aromatic heterocycles. The van der Waals surface area contributed by atoms with Crippen molar-refractivity contribution in [1.29, 1.82) is 0 Å². The second kappa shape index (κ2) is 9.69. The van der Waals surface area contributed by atoms with Gasteiger partial charge in [0.2, 0.25) is 0 Å². The first kappa shape index (κ1) is 21.6. The minimum Gasteiger partial charge on any atom is -0.497 e. The number of anilines is 1. The Balaban J connectivity index is 1.58. The molecule has 2 N–H and O–H groups in total. The lowest BCUT2D eigenvalue weighted by molar-refractivity contribution is 0.414. The van der Waals surface area contributed by atoms with E-state index in [1.807, 2.05) is 36.0 Å². The van der Waals surface area contributed by atoms with E-state index in [0.717, 1.165) is 24.3 Å². The third-order valence-electron chi connectivity index (χ3n) is 5.04. The van der Waals surface area contributed by atoms with E-state index in [9.17, 15) is 0 Å². The van der Waals surface area contributed by atoms with Gasteiger partial charge in [0.15, 0.2) is 10.8 Å². The van der Waals surface area contributed by atoms with Gasteiger partial charge in [-0.15, -0.1) is 0 Å². The van der Waals surface area contributed by atoms with Crippen molar-refractivity contribution in [3.8, 4) is 17.0 Å². The fourth-order valence-corrected chi connectivity index (χ4v) is 3.65. The Morgan fingerprint density at radius 2 is 1.97 bits per heavy atom. The maximum absolute atomic E-state index is 5.38. The van der Waals surface area contributed by atoms with Gasteiger partial charge in [0.1, 0.15) is 17.1 Å². The van der Waals surface area contributed by atoms with Crippen LogP contribution in [-0.2, 0) is 13.0 Å². The topological polar surface area (TPSA) is 89.8 Å². The number of rotatable bonds is 7. The number of hydrogen-bond donors (Lipinski definition) is 2. The Morgan fingerprint density at radius 3 is 2.75 bits per heavy atom. The molecule has 0 saturated heterocycles. The minimum atomic E-state index is 0.522. The summed E-state index contributed by atoms with van der Waals surface area (Å²) in [6, 6.07) is 9.85. The van der Waals surface area contributed by atoms with Gasteiger partial charge in [-0.2, -0.15) is 5.10 Å². The summed E-state index contributed by atoms with van der Waals surface area (Å²) in [5.41, 5.74) is 5.30. The van der Waals surface area contributed by atoms with Crippen molar-refractivity contribution in [3.63, 3.8) is 0 Å². The monoisotopic (exact) mass is 447 g/mol. The molecule has 3 heterocycles. The van der Waals surface area contributed by atoms with Crippen molar-refractivity contribution in [2.45, 2.75) is 26.8 Å². The molecule has 0 radical (unpaired) electrons. The molecular weight excluding hydrogens is 422 g/mol. The van der Waals surface area contributed by atoms with E-state index >= 15 is 0 Å². The van der Waals surface area contributed by atoms with Crippen LogP contribution in [0, 0.1) is 0 Å². The number of pyridine rings is 1. The smallest absolute Gasteiger partial charge is 0.180 e. The fraction of sp³-hybridized carbons (Fsp3) is 0.261. The average Bonchev–Trinajstić information content (AvgIpc) is 3.27. The Bertz CT molecular complexity index is 1250. The number of nitrogens with zero attached hydrogens (tertiary/aromatic N) is 5. The van der Waals surface area contributed by atoms with Gasteiger partial charge in [-0.1, -0.05) is 13.0 Å². The van der Waals surface area contributed by atoms with Crippen molar-refractivity contribution in [1.82, 2.24) is 30.0 Å². The minimum absolute atomic E-state index is 0.522. The van der Waals surface area contributed by atoms with E-state index in [0.29, 0.717) is 34.3 Å². The van der Waals surface area contributed by atoms with Crippen LogP contribution in [0.25, 0.3) is 22.4 Å². The van der Waals surface area contributed by atoms with Crippen LogP contribution in [0.2, 0.25) is 0 Å². The molecule has 164 valence electrons.